The summed E-state index contributed by atoms with van der Waals surface area (Å²) >= 11 is 18.2. The minimum atomic E-state index is -3.67. The van der Waals surface area contributed by atoms with Gasteiger partial charge in [-0.2, -0.15) is 10.2 Å². The third-order valence-electron chi connectivity index (χ3n) is 10.7. The van der Waals surface area contributed by atoms with Crippen molar-refractivity contribution in [2.24, 2.45) is 0 Å². The molecule has 0 unspecified atom stereocenters. The lowest BCUT2D eigenvalue weighted by molar-refractivity contribution is 0.0533. The van der Waals surface area contributed by atoms with Crippen LogP contribution in [0.25, 0.3) is 0 Å². The van der Waals surface area contributed by atoms with Gasteiger partial charge < -0.3 is 10.1 Å². The topological polar surface area (TPSA) is 161 Å². The van der Waals surface area contributed by atoms with Gasteiger partial charge >= 0.3 is 6.09 Å². The first kappa shape index (κ1) is 60.4. The van der Waals surface area contributed by atoms with Crippen molar-refractivity contribution >= 4 is 61.1 Å². The van der Waals surface area contributed by atoms with Crippen LogP contribution in [0.2, 0.25) is 10.0 Å². The van der Waals surface area contributed by atoms with E-state index in [-0.39, 0.29) is 75.5 Å². The van der Waals surface area contributed by atoms with Gasteiger partial charge in [-0.1, -0.05) is 90.7 Å². The summed E-state index contributed by atoms with van der Waals surface area (Å²) in [6, 6.07) is 9.89. The number of carbonyl (C=O) groups excluding carboxylic acids is 1. The minimum Gasteiger partial charge on any atom is -0.444 e. The van der Waals surface area contributed by atoms with E-state index in [9.17, 15) is 30.4 Å². The van der Waals surface area contributed by atoms with Gasteiger partial charge in [0.05, 0.1) is 34.5 Å². The zero-order valence-electron chi connectivity index (χ0n) is 43.0. The number of nitrogens with zero attached hydrogens (tertiary/aromatic N) is 6. The monoisotopic (exact) mass is 1070 g/mol. The number of alkyl carbamates (subject to hydrolysis) is 1. The first-order valence-electron chi connectivity index (χ1n) is 22.9. The maximum Gasteiger partial charge on any atom is 0.407 e. The Hall–Kier alpha value is -3.88. The summed E-state index contributed by atoms with van der Waals surface area (Å²) in [5.41, 5.74) is 6.59. The Morgan fingerprint density at radius 1 is 0.686 bits per heavy atom. The van der Waals surface area contributed by atoms with Crippen LogP contribution in [0, 0.1) is 0 Å². The summed E-state index contributed by atoms with van der Waals surface area (Å²) in [6.07, 6.45) is 3.05. The Morgan fingerprint density at radius 2 is 1.06 bits per heavy atom. The maximum atomic E-state index is 14.9. The maximum absolute atomic E-state index is 14.9. The summed E-state index contributed by atoms with van der Waals surface area (Å²) in [5.74, 6) is -0.411. The van der Waals surface area contributed by atoms with E-state index < -0.39 is 37.6 Å². The van der Waals surface area contributed by atoms with Crippen LogP contribution in [0.15, 0.2) is 70.0 Å². The molecule has 0 saturated heterocycles. The standard InChI is InChI=1S/C27H40ClFN4O4S.C22H31Cl2FN4O2S/c1-17(2)24-21(14-19-10-11-23(22(28)15-19)38(35,36)32(8)9)25(18(3)4)33(31-24)16-20(29)12-13-30-26(34)37-27(5,6)7;1-14(2)21-18(22(15(3)4)29(27-21)13-17(25)9-10-26-24)11-16-7-8-20(19(23)12-16)32(30,31)28(5)6/h10-12,15,17-18H,13-14,16H2,1-9H3,(H,30,34);7-9,12,14-15,26H,10-11,13H2,1-6H3/b20-12-;17-9-. The number of benzene rings is 2. The summed E-state index contributed by atoms with van der Waals surface area (Å²) < 4.78 is 90.1. The van der Waals surface area contributed by atoms with Crippen LogP contribution in [0.3, 0.4) is 0 Å². The zero-order valence-corrected chi connectivity index (χ0v) is 46.9. The molecule has 0 atom stereocenters. The van der Waals surface area contributed by atoms with E-state index in [0.717, 1.165) is 53.6 Å². The fourth-order valence-electron chi connectivity index (χ4n) is 7.54. The molecule has 0 fully saturated rings. The van der Waals surface area contributed by atoms with Crippen LogP contribution >= 0.6 is 35.0 Å². The van der Waals surface area contributed by atoms with Crippen LogP contribution < -0.4 is 10.2 Å². The lowest BCUT2D eigenvalue weighted by Gasteiger charge is -2.19. The molecule has 0 spiro atoms. The van der Waals surface area contributed by atoms with E-state index in [0.29, 0.717) is 12.8 Å². The molecule has 390 valence electrons. The number of allylic oxidation sites excluding steroid dienone is 2. The normalized spacial score (nSPS) is 13.1. The molecule has 21 heteroatoms. The van der Waals surface area contributed by atoms with Gasteiger partial charge in [-0.25, -0.2) is 43.9 Å². The van der Waals surface area contributed by atoms with Gasteiger partial charge in [-0.05, 0) is 104 Å². The number of hydrogen-bond donors (Lipinski definition) is 2. The SMILES string of the molecule is CC(C)c1nn(C/C(F)=C/CNC(=O)OC(C)(C)C)c(C(C)C)c1Cc1ccc(S(=O)(=O)N(C)C)c(Cl)c1.CC(C)c1nn(C/C(F)=C/CNCl)c(C(C)C)c1Cc1ccc(S(=O)(=O)N(C)C)c(Cl)c1. The Bertz CT molecular complexity index is 2730. The Balaban J connectivity index is 0.000000376. The van der Waals surface area contributed by atoms with Crippen molar-refractivity contribution in [1.29, 1.82) is 0 Å². The predicted octanol–water partition coefficient (Wildman–Crippen LogP) is 11.2. The molecule has 1 amide bonds. The first-order chi connectivity index (χ1) is 32.3. The molecule has 4 rings (SSSR count). The number of aromatic nitrogens is 4. The molecule has 2 aromatic heterocycles. The minimum absolute atomic E-state index is 0.0103. The van der Waals surface area contributed by atoms with Gasteiger partial charge in [0, 0.05) is 76.6 Å². The van der Waals surface area contributed by atoms with Crippen molar-refractivity contribution in [3.63, 3.8) is 0 Å². The average Bonchev–Trinajstić information content (AvgIpc) is 3.77. The van der Waals surface area contributed by atoms with Gasteiger partial charge in [0.15, 0.2) is 0 Å². The number of nitrogens with one attached hydrogen (secondary N) is 2. The van der Waals surface area contributed by atoms with Crippen molar-refractivity contribution in [2.45, 2.75) is 141 Å². The number of ether oxygens (including phenoxy) is 1. The third kappa shape index (κ3) is 16.3. The largest absolute Gasteiger partial charge is 0.444 e. The summed E-state index contributed by atoms with van der Waals surface area (Å²) in [7, 11) is -1.46. The van der Waals surface area contributed by atoms with Gasteiger partial charge in [0.2, 0.25) is 20.0 Å². The number of rotatable bonds is 20. The van der Waals surface area contributed by atoms with Crippen LogP contribution in [0.1, 0.15) is 145 Å². The van der Waals surface area contributed by atoms with E-state index in [4.69, 9.17) is 49.9 Å². The molecule has 0 aliphatic rings. The quantitative estimate of drug-likeness (QED) is 0.0821. The lowest BCUT2D eigenvalue weighted by Crippen LogP contribution is -2.32. The Labute approximate surface area is 430 Å². The van der Waals surface area contributed by atoms with Crippen LogP contribution in [-0.2, 0) is 50.7 Å². The van der Waals surface area contributed by atoms with Gasteiger partial charge in [0.25, 0.3) is 0 Å². The number of halogens is 5. The summed E-state index contributed by atoms with van der Waals surface area (Å²) in [4.78, 5) is 14.3. The fourth-order valence-corrected chi connectivity index (χ4v) is 10.5. The molecular formula is C49H71Cl3F2N8O6S2. The number of sulfonamides is 2. The fraction of sp³-hybridized carbons (Fsp3) is 0.531. The predicted molar refractivity (Wildman–Crippen MR) is 278 cm³/mol. The van der Waals surface area contributed by atoms with Crippen molar-refractivity contribution in [1.82, 2.24) is 38.3 Å². The second-order valence-corrected chi connectivity index (χ2v) is 24.7. The van der Waals surface area contributed by atoms with Crippen LogP contribution in [-0.4, -0.2) is 98.0 Å². The van der Waals surface area contributed by atoms with Crippen molar-refractivity contribution < 1.29 is 35.1 Å². The van der Waals surface area contributed by atoms with Crippen molar-refractivity contribution in [2.75, 3.05) is 41.3 Å². The Kier molecular flexibility index (Phi) is 22.2. The molecule has 2 heterocycles. The molecule has 0 aliphatic carbocycles. The highest BCUT2D eigenvalue weighted by Crippen LogP contribution is 2.34. The van der Waals surface area contributed by atoms with Gasteiger partial charge in [0.1, 0.15) is 27.0 Å². The molecule has 0 bridgehead atoms. The second kappa shape index (κ2) is 25.7. The van der Waals surface area contributed by atoms with Crippen LogP contribution in [0.4, 0.5) is 13.6 Å². The highest BCUT2D eigenvalue weighted by Gasteiger charge is 2.27. The highest BCUT2D eigenvalue weighted by molar-refractivity contribution is 7.89. The molecule has 4 aromatic rings. The molecular weight excluding hydrogens is 1010 g/mol. The van der Waals surface area contributed by atoms with Gasteiger partial charge in [-0.15, -0.1) is 0 Å². The molecule has 14 nitrogen and oxygen atoms in total. The third-order valence-corrected chi connectivity index (χ3v) is 15.4. The van der Waals surface area contributed by atoms with Gasteiger partial charge in [-0.3, -0.25) is 9.36 Å². The number of hydrogen-bond acceptors (Lipinski definition) is 9. The Morgan fingerprint density at radius 3 is 1.36 bits per heavy atom. The first-order valence-corrected chi connectivity index (χ1v) is 26.9. The number of carbonyl (C=O) groups is 1. The molecule has 0 radical (unpaired) electrons. The van der Waals surface area contributed by atoms with Crippen molar-refractivity contribution in [3.8, 4) is 0 Å². The van der Waals surface area contributed by atoms with E-state index in [1.54, 1.807) is 54.4 Å². The van der Waals surface area contributed by atoms with E-state index >= 15 is 0 Å². The molecule has 2 N–H and O–H groups in total. The van der Waals surface area contributed by atoms with E-state index in [2.05, 4.69) is 10.2 Å². The number of amides is 1. The summed E-state index contributed by atoms with van der Waals surface area (Å²) in [6.45, 7) is 21.7. The van der Waals surface area contributed by atoms with E-state index in [1.807, 2.05) is 55.4 Å². The smallest absolute Gasteiger partial charge is 0.407 e. The van der Waals surface area contributed by atoms with E-state index in [1.165, 1.54) is 52.5 Å². The zero-order chi connectivity index (χ0) is 53.2. The molecule has 2 aromatic carbocycles. The lowest BCUT2D eigenvalue weighted by atomic mass is 9.94. The molecule has 0 aliphatic heterocycles. The summed E-state index contributed by atoms with van der Waals surface area (Å²) in [5, 5.41) is 12.3. The second-order valence-electron chi connectivity index (χ2n) is 19.4. The molecule has 70 heavy (non-hydrogen) atoms. The average molecular weight is 1080 g/mol. The van der Waals surface area contributed by atoms with Crippen molar-refractivity contribution in [3.05, 3.63) is 115 Å². The molecule has 0 saturated carbocycles. The van der Waals surface area contributed by atoms with Crippen LogP contribution in [0.5, 0.6) is 0 Å². The highest BCUT2D eigenvalue weighted by atomic mass is 35.5.